The summed E-state index contributed by atoms with van der Waals surface area (Å²) >= 11 is 0. The Balaban J connectivity index is 2.07. The van der Waals surface area contributed by atoms with Crippen LogP contribution in [0.5, 0.6) is 0 Å². The Morgan fingerprint density at radius 3 is 3.00 bits per heavy atom. The highest BCUT2D eigenvalue weighted by molar-refractivity contribution is 5.79. The second kappa shape index (κ2) is 4.04. The SMILES string of the molecule is Cc1ccc2c(c1)nc(NC1CC1)n2CCN. The summed E-state index contributed by atoms with van der Waals surface area (Å²) in [5.74, 6) is 0.971. The summed E-state index contributed by atoms with van der Waals surface area (Å²) < 4.78 is 2.19. The first-order valence-electron chi connectivity index (χ1n) is 6.21. The average Bonchev–Trinajstić information content (AvgIpc) is 3.04. The Morgan fingerprint density at radius 1 is 1.47 bits per heavy atom. The van der Waals surface area contributed by atoms with Crippen LogP contribution in [0.2, 0.25) is 0 Å². The van der Waals surface area contributed by atoms with E-state index < -0.39 is 0 Å². The van der Waals surface area contributed by atoms with Gasteiger partial charge < -0.3 is 15.6 Å². The lowest BCUT2D eigenvalue weighted by Crippen LogP contribution is -2.14. The van der Waals surface area contributed by atoms with Crippen LogP contribution in [0, 0.1) is 6.92 Å². The number of imidazole rings is 1. The van der Waals surface area contributed by atoms with Crippen molar-refractivity contribution in [3.05, 3.63) is 23.8 Å². The summed E-state index contributed by atoms with van der Waals surface area (Å²) in [5, 5.41) is 3.47. The molecule has 2 aromatic rings. The quantitative estimate of drug-likeness (QED) is 0.843. The van der Waals surface area contributed by atoms with Gasteiger partial charge in [0.05, 0.1) is 11.0 Å². The second-order valence-electron chi connectivity index (χ2n) is 4.79. The highest BCUT2D eigenvalue weighted by Crippen LogP contribution is 2.27. The summed E-state index contributed by atoms with van der Waals surface area (Å²) in [7, 11) is 0. The molecule has 0 bridgehead atoms. The second-order valence-corrected chi connectivity index (χ2v) is 4.79. The topological polar surface area (TPSA) is 55.9 Å². The monoisotopic (exact) mass is 230 g/mol. The van der Waals surface area contributed by atoms with Gasteiger partial charge in [-0.2, -0.15) is 0 Å². The summed E-state index contributed by atoms with van der Waals surface area (Å²) in [6, 6.07) is 6.99. The molecule has 0 atom stereocenters. The Bertz CT molecular complexity index is 540. The van der Waals surface area contributed by atoms with Crippen LogP contribution in [-0.4, -0.2) is 22.1 Å². The first kappa shape index (κ1) is 10.6. The first-order chi connectivity index (χ1) is 8.28. The summed E-state index contributed by atoms with van der Waals surface area (Å²) in [5.41, 5.74) is 9.15. The minimum atomic E-state index is 0.615. The molecule has 1 aliphatic rings. The molecular formula is C13H18N4. The van der Waals surface area contributed by atoms with E-state index in [1.165, 1.54) is 23.9 Å². The van der Waals surface area contributed by atoms with E-state index >= 15 is 0 Å². The van der Waals surface area contributed by atoms with Crippen molar-refractivity contribution in [2.75, 3.05) is 11.9 Å². The van der Waals surface area contributed by atoms with Crippen LogP contribution in [-0.2, 0) is 6.54 Å². The van der Waals surface area contributed by atoms with E-state index in [1.807, 2.05) is 0 Å². The highest BCUT2D eigenvalue weighted by Gasteiger charge is 2.23. The van der Waals surface area contributed by atoms with E-state index in [0.717, 1.165) is 18.0 Å². The number of nitrogens with one attached hydrogen (secondary N) is 1. The minimum absolute atomic E-state index is 0.615. The molecule has 0 aliphatic heterocycles. The van der Waals surface area contributed by atoms with Gasteiger partial charge in [0.25, 0.3) is 0 Å². The number of nitrogens with two attached hydrogens (primary N) is 1. The number of fused-ring (bicyclic) bond motifs is 1. The van der Waals surface area contributed by atoms with E-state index in [-0.39, 0.29) is 0 Å². The number of benzene rings is 1. The van der Waals surface area contributed by atoms with E-state index in [1.54, 1.807) is 0 Å². The van der Waals surface area contributed by atoms with E-state index in [2.05, 4.69) is 40.0 Å². The summed E-state index contributed by atoms with van der Waals surface area (Å²) in [6.45, 7) is 3.54. The maximum absolute atomic E-state index is 5.68. The van der Waals surface area contributed by atoms with Crippen LogP contribution in [0.3, 0.4) is 0 Å². The Hall–Kier alpha value is -1.55. The van der Waals surface area contributed by atoms with Gasteiger partial charge in [0.2, 0.25) is 5.95 Å². The molecule has 0 saturated heterocycles. The molecule has 0 amide bonds. The summed E-state index contributed by atoms with van der Waals surface area (Å²) in [6.07, 6.45) is 2.51. The minimum Gasteiger partial charge on any atom is -0.353 e. The fourth-order valence-electron chi connectivity index (χ4n) is 2.12. The molecule has 1 aliphatic carbocycles. The Morgan fingerprint density at radius 2 is 2.29 bits per heavy atom. The fraction of sp³-hybridized carbons (Fsp3) is 0.462. The van der Waals surface area contributed by atoms with Crippen molar-refractivity contribution < 1.29 is 0 Å². The molecule has 4 heteroatoms. The molecule has 17 heavy (non-hydrogen) atoms. The van der Waals surface area contributed by atoms with Gasteiger partial charge in [-0.05, 0) is 37.5 Å². The average molecular weight is 230 g/mol. The van der Waals surface area contributed by atoms with Crippen molar-refractivity contribution in [1.29, 1.82) is 0 Å². The van der Waals surface area contributed by atoms with Crippen molar-refractivity contribution in [3.8, 4) is 0 Å². The van der Waals surface area contributed by atoms with Gasteiger partial charge >= 0.3 is 0 Å². The Labute approximate surface area is 101 Å². The number of aromatic nitrogens is 2. The molecule has 1 aromatic carbocycles. The Kier molecular flexibility index (Phi) is 2.52. The van der Waals surface area contributed by atoms with Gasteiger partial charge in [-0.15, -0.1) is 0 Å². The predicted molar refractivity (Wildman–Crippen MR) is 70.2 cm³/mol. The van der Waals surface area contributed by atoms with Crippen LogP contribution in [0.4, 0.5) is 5.95 Å². The third-order valence-corrected chi connectivity index (χ3v) is 3.17. The van der Waals surface area contributed by atoms with Crippen molar-refractivity contribution in [3.63, 3.8) is 0 Å². The van der Waals surface area contributed by atoms with Crippen molar-refractivity contribution in [2.24, 2.45) is 5.73 Å². The van der Waals surface area contributed by atoms with Crippen molar-refractivity contribution in [1.82, 2.24) is 9.55 Å². The van der Waals surface area contributed by atoms with Crippen molar-refractivity contribution in [2.45, 2.75) is 32.4 Å². The third-order valence-electron chi connectivity index (χ3n) is 3.17. The molecule has 3 rings (SSSR count). The smallest absolute Gasteiger partial charge is 0.204 e. The number of anilines is 1. The van der Waals surface area contributed by atoms with Crippen LogP contribution in [0.25, 0.3) is 11.0 Å². The zero-order chi connectivity index (χ0) is 11.8. The maximum atomic E-state index is 5.68. The van der Waals surface area contributed by atoms with Gasteiger partial charge in [-0.1, -0.05) is 6.07 Å². The van der Waals surface area contributed by atoms with Crippen LogP contribution < -0.4 is 11.1 Å². The zero-order valence-electron chi connectivity index (χ0n) is 10.1. The molecular weight excluding hydrogens is 212 g/mol. The molecule has 0 radical (unpaired) electrons. The van der Waals surface area contributed by atoms with Gasteiger partial charge in [-0.3, -0.25) is 0 Å². The molecule has 0 spiro atoms. The lowest BCUT2D eigenvalue weighted by molar-refractivity contribution is 0.730. The molecule has 0 unspecified atom stereocenters. The first-order valence-corrected chi connectivity index (χ1v) is 6.21. The molecule has 3 N–H and O–H groups in total. The van der Waals surface area contributed by atoms with Gasteiger partial charge in [0.1, 0.15) is 0 Å². The number of nitrogens with zero attached hydrogens (tertiary/aromatic N) is 2. The van der Waals surface area contributed by atoms with Gasteiger partial charge in [-0.25, -0.2) is 4.98 Å². The largest absolute Gasteiger partial charge is 0.353 e. The standard InChI is InChI=1S/C13H18N4/c1-9-2-5-12-11(8-9)16-13(15-10-3-4-10)17(12)7-6-14/h2,5,8,10H,3-4,6-7,14H2,1H3,(H,15,16). The fourth-order valence-corrected chi connectivity index (χ4v) is 2.12. The maximum Gasteiger partial charge on any atom is 0.204 e. The molecule has 1 fully saturated rings. The lowest BCUT2D eigenvalue weighted by atomic mass is 10.2. The van der Waals surface area contributed by atoms with Crippen molar-refractivity contribution >= 4 is 17.0 Å². The van der Waals surface area contributed by atoms with Crippen LogP contribution >= 0.6 is 0 Å². The van der Waals surface area contributed by atoms with Crippen LogP contribution in [0.1, 0.15) is 18.4 Å². The zero-order valence-corrected chi connectivity index (χ0v) is 10.1. The number of rotatable bonds is 4. The van der Waals surface area contributed by atoms with Crippen LogP contribution in [0.15, 0.2) is 18.2 Å². The molecule has 1 aromatic heterocycles. The lowest BCUT2D eigenvalue weighted by Gasteiger charge is -2.08. The van der Waals surface area contributed by atoms with Gasteiger partial charge in [0, 0.05) is 19.1 Å². The predicted octanol–water partition coefficient (Wildman–Crippen LogP) is 1.88. The number of hydrogen-bond donors (Lipinski definition) is 2. The molecule has 1 heterocycles. The molecule has 4 nitrogen and oxygen atoms in total. The highest BCUT2D eigenvalue weighted by atomic mass is 15.2. The molecule has 90 valence electrons. The van der Waals surface area contributed by atoms with E-state index in [0.29, 0.717) is 12.6 Å². The third kappa shape index (κ3) is 2.00. The van der Waals surface area contributed by atoms with Gasteiger partial charge in [0.15, 0.2) is 0 Å². The van der Waals surface area contributed by atoms with E-state index in [4.69, 9.17) is 5.73 Å². The summed E-state index contributed by atoms with van der Waals surface area (Å²) in [4.78, 5) is 4.67. The normalized spacial score (nSPS) is 15.4. The van der Waals surface area contributed by atoms with E-state index in [9.17, 15) is 0 Å². The number of hydrogen-bond acceptors (Lipinski definition) is 3. The molecule has 1 saturated carbocycles. The number of aryl methyl sites for hydroxylation is 1.